The molecule has 0 aromatic heterocycles. The van der Waals surface area contributed by atoms with Crippen molar-refractivity contribution in [2.45, 2.75) is 6.92 Å². The molecule has 1 heterocycles. The summed E-state index contributed by atoms with van der Waals surface area (Å²) in [4.78, 5) is 14.2. The van der Waals surface area contributed by atoms with E-state index < -0.39 is 0 Å². The molecule has 4 nitrogen and oxygen atoms in total. The van der Waals surface area contributed by atoms with Crippen LogP contribution < -0.4 is 10.1 Å². The number of carbonyl (C=O) groups is 1. The lowest BCUT2D eigenvalue weighted by atomic mass is 10.1. The van der Waals surface area contributed by atoms with Crippen molar-refractivity contribution in [3.63, 3.8) is 0 Å². The Bertz CT molecular complexity index is 457. The summed E-state index contributed by atoms with van der Waals surface area (Å²) in [5.74, 6) is 0.643. The van der Waals surface area contributed by atoms with Gasteiger partial charge in [0.15, 0.2) is 0 Å². The summed E-state index contributed by atoms with van der Waals surface area (Å²) in [5, 5.41) is 3.70. The normalized spacial score (nSPS) is 15.6. The quantitative estimate of drug-likeness (QED) is 0.888. The van der Waals surface area contributed by atoms with Crippen molar-refractivity contribution in [1.82, 2.24) is 10.2 Å². The van der Waals surface area contributed by atoms with Crippen LogP contribution >= 0.6 is 11.6 Å². The Morgan fingerprint density at radius 2 is 2.06 bits per heavy atom. The minimum absolute atomic E-state index is 0.0403. The van der Waals surface area contributed by atoms with Gasteiger partial charge in [0.1, 0.15) is 5.75 Å². The fraction of sp³-hybridized carbons (Fsp3) is 0.462. The molecule has 0 unspecified atom stereocenters. The summed E-state index contributed by atoms with van der Waals surface area (Å²) in [5.41, 5.74) is 1.54. The van der Waals surface area contributed by atoms with Crippen LogP contribution in [0.5, 0.6) is 5.75 Å². The number of methoxy groups -OCH3 is 1. The van der Waals surface area contributed by atoms with Crippen molar-refractivity contribution >= 4 is 17.5 Å². The number of piperazine rings is 1. The van der Waals surface area contributed by atoms with Crippen molar-refractivity contribution < 1.29 is 9.53 Å². The molecule has 1 aliphatic heterocycles. The minimum Gasteiger partial charge on any atom is -0.495 e. The van der Waals surface area contributed by atoms with Gasteiger partial charge in [0, 0.05) is 31.7 Å². The average Bonchev–Trinajstić information content (AvgIpc) is 2.41. The molecule has 0 spiro atoms. The molecule has 1 aromatic rings. The lowest BCUT2D eigenvalue weighted by Gasteiger charge is -2.28. The van der Waals surface area contributed by atoms with Gasteiger partial charge in [0.05, 0.1) is 12.1 Å². The van der Waals surface area contributed by atoms with Crippen LogP contribution in [0.2, 0.25) is 5.02 Å². The van der Waals surface area contributed by atoms with Gasteiger partial charge in [-0.1, -0.05) is 11.6 Å². The molecule has 1 aliphatic rings. The molecule has 98 valence electrons. The Hall–Kier alpha value is -1.26. The van der Waals surface area contributed by atoms with Crippen molar-refractivity contribution in [3.05, 3.63) is 28.3 Å². The molecule has 0 aliphatic carbocycles. The molecule has 2 rings (SSSR count). The molecule has 1 saturated heterocycles. The summed E-state index contributed by atoms with van der Waals surface area (Å²) >= 11 is 6.08. The Kier molecular flexibility index (Phi) is 4.09. The highest BCUT2D eigenvalue weighted by molar-refractivity contribution is 6.32. The van der Waals surface area contributed by atoms with Gasteiger partial charge in [-0.2, -0.15) is 0 Å². The highest BCUT2D eigenvalue weighted by atomic mass is 35.5. The number of nitrogens with zero attached hydrogens (tertiary/aromatic N) is 1. The third kappa shape index (κ3) is 2.60. The summed E-state index contributed by atoms with van der Waals surface area (Å²) in [6.45, 7) is 5.06. The number of hydrogen-bond donors (Lipinski definition) is 1. The highest BCUT2D eigenvalue weighted by Crippen LogP contribution is 2.28. The van der Waals surface area contributed by atoms with E-state index in [0.29, 0.717) is 16.3 Å². The number of rotatable bonds is 2. The van der Waals surface area contributed by atoms with Crippen LogP contribution in [0.15, 0.2) is 12.1 Å². The van der Waals surface area contributed by atoms with Gasteiger partial charge < -0.3 is 15.0 Å². The van der Waals surface area contributed by atoms with Crippen LogP contribution in [0.4, 0.5) is 0 Å². The Balaban J connectivity index is 2.27. The molecule has 18 heavy (non-hydrogen) atoms. The van der Waals surface area contributed by atoms with Crippen molar-refractivity contribution in [3.8, 4) is 5.75 Å². The number of ether oxygens (including phenoxy) is 1. The van der Waals surface area contributed by atoms with Crippen molar-refractivity contribution in [2.75, 3.05) is 33.3 Å². The van der Waals surface area contributed by atoms with Crippen LogP contribution in [0.3, 0.4) is 0 Å². The molecular weight excluding hydrogens is 252 g/mol. The van der Waals surface area contributed by atoms with Crippen molar-refractivity contribution in [2.24, 2.45) is 0 Å². The van der Waals surface area contributed by atoms with E-state index in [0.717, 1.165) is 31.7 Å². The van der Waals surface area contributed by atoms with Gasteiger partial charge in [-0.05, 0) is 24.6 Å². The third-order valence-electron chi connectivity index (χ3n) is 3.13. The zero-order valence-electron chi connectivity index (χ0n) is 10.6. The first-order valence-electron chi connectivity index (χ1n) is 5.97. The monoisotopic (exact) mass is 268 g/mol. The lowest BCUT2D eigenvalue weighted by Crippen LogP contribution is -2.46. The standard InChI is InChI=1S/C13H17ClN2O2/c1-9-7-12(18-2)11(14)8-10(9)13(17)16-5-3-15-4-6-16/h7-8,15H,3-6H2,1-2H3. The summed E-state index contributed by atoms with van der Waals surface area (Å²) in [7, 11) is 1.57. The van der Waals surface area contributed by atoms with E-state index in [9.17, 15) is 4.79 Å². The predicted molar refractivity (Wildman–Crippen MR) is 71.5 cm³/mol. The van der Waals surface area contributed by atoms with E-state index in [-0.39, 0.29) is 5.91 Å². The molecule has 1 aromatic carbocycles. The van der Waals surface area contributed by atoms with E-state index in [4.69, 9.17) is 16.3 Å². The maximum Gasteiger partial charge on any atom is 0.254 e. The highest BCUT2D eigenvalue weighted by Gasteiger charge is 2.20. The topological polar surface area (TPSA) is 41.6 Å². The molecule has 1 amide bonds. The van der Waals surface area contributed by atoms with Gasteiger partial charge >= 0.3 is 0 Å². The smallest absolute Gasteiger partial charge is 0.254 e. The largest absolute Gasteiger partial charge is 0.495 e. The van der Waals surface area contributed by atoms with Gasteiger partial charge in [-0.15, -0.1) is 0 Å². The Labute approximate surface area is 112 Å². The molecular formula is C13H17ClN2O2. The molecule has 0 radical (unpaired) electrons. The number of aryl methyl sites for hydroxylation is 1. The Morgan fingerprint density at radius 3 is 2.67 bits per heavy atom. The predicted octanol–water partition coefficient (Wildman–Crippen LogP) is 1.70. The zero-order valence-corrected chi connectivity index (χ0v) is 11.4. The number of benzene rings is 1. The zero-order chi connectivity index (χ0) is 13.1. The molecule has 0 bridgehead atoms. The summed E-state index contributed by atoms with van der Waals surface area (Å²) in [6, 6.07) is 3.50. The number of carbonyl (C=O) groups excluding carboxylic acids is 1. The number of halogens is 1. The van der Waals surface area contributed by atoms with Crippen molar-refractivity contribution in [1.29, 1.82) is 0 Å². The first kappa shape index (κ1) is 13.2. The fourth-order valence-corrected chi connectivity index (χ4v) is 2.32. The third-order valence-corrected chi connectivity index (χ3v) is 3.43. The maximum absolute atomic E-state index is 12.4. The van der Waals surface area contributed by atoms with Crippen LogP contribution in [-0.2, 0) is 0 Å². The second kappa shape index (κ2) is 5.59. The van der Waals surface area contributed by atoms with Crippen LogP contribution in [0.1, 0.15) is 15.9 Å². The first-order valence-corrected chi connectivity index (χ1v) is 6.35. The molecule has 5 heteroatoms. The van der Waals surface area contributed by atoms with E-state index in [1.807, 2.05) is 11.8 Å². The average molecular weight is 269 g/mol. The van der Waals surface area contributed by atoms with E-state index in [1.54, 1.807) is 19.2 Å². The van der Waals surface area contributed by atoms with E-state index >= 15 is 0 Å². The lowest BCUT2D eigenvalue weighted by molar-refractivity contribution is 0.0735. The van der Waals surface area contributed by atoms with Gasteiger partial charge in [-0.25, -0.2) is 0 Å². The number of hydrogen-bond acceptors (Lipinski definition) is 3. The molecule has 1 N–H and O–H groups in total. The molecule has 1 fully saturated rings. The van der Waals surface area contributed by atoms with Gasteiger partial charge in [-0.3, -0.25) is 4.79 Å². The summed E-state index contributed by atoms with van der Waals surface area (Å²) in [6.07, 6.45) is 0. The minimum atomic E-state index is 0.0403. The first-order chi connectivity index (χ1) is 8.63. The van der Waals surface area contributed by atoms with Gasteiger partial charge in [0.25, 0.3) is 5.91 Å². The van der Waals surface area contributed by atoms with Crippen LogP contribution in [-0.4, -0.2) is 44.1 Å². The van der Waals surface area contributed by atoms with E-state index in [2.05, 4.69) is 5.32 Å². The van der Waals surface area contributed by atoms with Crippen LogP contribution in [0, 0.1) is 6.92 Å². The molecule has 0 saturated carbocycles. The molecule has 0 atom stereocenters. The SMILES string of the molecule is COc1cc(C)c(C(=O)N2CCNCC2)cc1Cl. The second-order valence-corrected chi connectivity index (χ2v) is 4.75. The Morgan fingerprint density at radius 1 is 1.39 bits per heavy atom. The van der Waals surface area contributed by atoms with Crippen LogP contribution in [0.25, 0.3) is 0 Å². The van der Waals surface area contributed by atoms with E-state index in [1.165, 1.54) is 0 Å². The number of amides is 1. The maximum atomic E-state index is 12.4. The number of nitrogens with one attached hydrogen (secondary N) is 1. The fourth-order valence-electron chi connectivity index (χ4n) is 2.08. The second-order valence-electron chi connectivity index (χ2n) is 4.34. The van der Waals surface area contributed by atoms with Gasteiger partial charge in [0.2, 0.25) is 0 Å². The summed E-state index contributed by atoms with van der Waals surface area (Å²) < 4.78 is 5.14.